The predicted molar refractivity (Wildman–Crippen MR) is 123 cm³/mol. The first-order valence-electron chi connectivity index (χ1n) is 11.0. The van der Waals surface area contributed by atoms with E-state index in [-0.39, 0.29) is 12.5 Å². The van der Waals surface area contributed by atoms with E-state index in [1.165, 1.54) is 24.8 Å². The number of likely N-dealkylation sites (tertiary alicyclic amines) is 1. The van der Waals surface area contributed by atoms with Crippen molar-refractivity contribution in [2.75, 3.05) is 26.7 Å². The van der Waals surface area contributed by atoms with E-state index in [4.69, 9.17) is 4.74 Å². The van der Waals surface area contributed by atoms with Crippen molar-refractivity contribution < 1.29 is 9.53 Å². The van der Waals surface area contributed by atoms with Gasteiger partial charge in [-0.3, -0.25) is 4.79 Å². The molecular formula is C26H34N2O2. The molecule has 0 aliphatic carbocycles. The van der Waals surface area contributed by atoms with Crippen LogP contribution in [-0.2, 0) is 11.2 Å². The van der Waals surface area contributed by atoms with Gasteiger partial charge in [0.15, 0.2) is 0 Å². The summed E-state index contributed by atoms with van der Waals surface area (Å²) in [5.74, 6) is 1.62. The van der Waals surface area contributed by atoms with Crippen LogP contribution in [0.3, 0.4) is 0 Å². The van der Waals surface area contributed by atoms with Gasteiger partial charge in [-0.2, -0.15) is 0 Å². The Morgan fingerprint density at radius 2 is 2.00 bits per heavy atom. The van der Waals surface area contributed by atoms with Crippen molar-refractivity contribution in [3.8, 4) is 5.75 Å². The highest BCUT2D eigenvalue weighted by atomic mass is 16.5. The van der Waals surface area contributed by atoms with Crippen LogP contribution in [-0.4, -0.2) is 37.6 Å². The van der Waals surface area contributed by atoms with E-state index in [0.717, 1.165) is 48.5 Å². The first kappa shape index (κ1) is 21.9. The minimum absolute atomic E-state index is 0.155. The van der Waals surface area contributed by atoms with E-state index >= 15 is 0 Å². The van der Waals surface area contributed by atoms with Crippen LogP contribution in [0.15, 0.2) is 55.1 Å². The molecule has 4 heteroatoms. The van der Waals surface area contributed by atoms with Crippen LogP contribution >= 0.6 is 0 Å². The number of ether oxygens (including phenoxy) is 1. The number of hydrogen-bond donors (Lipinski definition) is 1. The number of carbonyl (C=O) groups is 1. The van der Waals surface area contributed by atoms with E-state index in [9.17, 15) is 4.79 Å². The Morgan fingerprint density at radius 1 is 1.20 bits per heavy atom. The standard InChI is InChI=1S/C26H34N2O2/c1-20-13-14-24(17-25(20)30-3)21(2)27-18-26(29)28-16-15-23(19-28)12-8-7-11-22-9-5-4-6-10-22/h4-6,9-10,13-14,17,23,27H,2,7-8,11-12,15-16,18-19H2,1,3H3. The summed E-state index contributed by atoms with van der Waals surface area (Å²) in [7, 11) is 1.66. The van der Waals surface area contributed by atoms with Crippen LogP contribution in [0.5, 0.6) is 5.75 Å². The fourth-order valence-electron chi connectivity index (χ4n) is 4.11. The van der Waals surface area contributed by atoms with E-state index in [2.05, 4.69) is 42.2 Å². The normalized spacial score (nSPS) is 15.8. The number of carbonyl (C=O) groups excluding carboxylic acids is 1. The maximum atomic E-state index is 12.6. The van der Waals surface area contributed by atoms with Gasteiger partial charge in [0.25, 0.3) is 0 Å². The van der Waals surface area contributed by atoms with Crippen LogP contribution in [0.4, 0.5) is 0 Å². The van der Waals surface area contributed by atoms with E-state index in [0.29, 0.717) is 5.92 Å². The largest absolute Gasteiger partial charge is 0.496 e. The molecule has 1 atom stereocenters. The highest BCUT2D eigenvalue weighted by molar-refractivity contribution is 5.80. The molecule has 0 bridgehead atoms. The van der Waals surface area contributed by atoms with Gasteiger partial charge in [0.05, 0.1) is 13.7 Å². The smallest absolute Gasteiger partial charge is 0.241 e. The lowest BCUT2D eigenvalue weighted by molar-refractivity contribution is -0.129. The SMILES string of the molecule is C=C(NCC(=O)N1CCC(CCCCc2ccccc2)C1)c1ccc(C)c(OC)c1. The summed E-state index contributed by atoms with van der Waals surface area (Å²) in [5.41, 5.74) is 4.19. The summed E-state index contributed by atoms with van der Waals surface area (Å²) in [6.45, 7) is 8.13. The molecule has 1 aliphatic heterocycles. The number of amides is 1. The average Bonchev–Trinajstić information content (AvgIpc) is 3.25. The predicted octanol–water partition coefficient (Wildman–Crippen LogP) is 4.83. The Hall–Kier alpha value is -2.75. The van der Waals surface area contributed by atoms with Gasteiger partial charge in [-0.15, -0.1) is 0 Å². The minimum Gasteiger partial charge on any atom is -0.496 e. The summed E-state index contributed by atoms with van der Waals surface area (Å²) in [4.78, 5) is 14.6. The zero-order chi connectivity index (χ0) is 21.3. The molecule has 4 nitrogen and oxygen atoms in total. The molecule has 2 aromatic rings. The van der Waals surface area contributed by atoms with Crippen LogP contribution < -0.4 is 10.1 Å². The van der Waals surface area contributed by atoms with E-state index in [1.807, 2.05) is 30.0 Å². The summed E-state index contributed by atoms with van der Waals surface area (Å²) in [5, 5.41) is 3.19. The number of methoxy groups -OCH3 is 1. The topological polar surface area (TPSA) is 41.6 Å². The van der Waals surface area contributed by atoms with Crippen molar-refractivity contribution in [2.24, 2.45) is 5.92 Å². The lowest BCUT2D eigenvalue weighted by Gasteiger charge is -2.18. The third-order valence-corrected chi connectivity index (χ3v) is 6.02. The van der Waals surface area contributed by atoms with Crippen LogP contribution in [0.25, 0.3) is 5.70 Å². The Kier molecular flexibility index (Phi) is 7.95. The van der Waals surface area contributed by atoms with Crippen molar-refractivity contribution in [1.29, 1.82) is 0 Å². The third-order valence-electron chi connectivity index (χ3n) is 6.02. The fraction of sp³-hybridized carbons (Fsp3) is 0.423. The Morgan fingerprint density at radius 3 is 2.77 bits per heavy atom. The molecule has 3 rings (SSSR count). The molecule has 1 aliphatic rings. The highest BCUT2D eigenvalue weighted by Gasteiger charge is 2.25. The molecule has 1 saturated heterocycles. The molecule has 0 spiro atoms. The van der Waals surface area contributed by atoms with Crippen LogP contribution in [0.1, 0.15) is 42.4 Å². The van der Waals surface area contributed by atoms with Crippen molar-refractivity contribution >= 4 is 11.6 Å². The van der Waals surface area contributed by atoms with Gasteiger partial charge in [0.2, 0.25) is 5.91 Å². The van der Waals surface area contributed by atoms with Crippen molar-refractivity contribution in [3.63, 3.8) is 0 Å². The van der Waals surface area contributed by atoms with Crippen LogP contribution in [0, 0.1) is 12.8 Å². The zero-order valence-corrected chi connectivity index (χ0v) is 18.3. The summed E-state index contributed by atoms with van der Waals surface area (Å²) >= 11 is 0. The average molecular weight is 407 g/mol. The third kappa shape index (κ3) is 6.12. The first-order chi connectivity index (χ1) is 14.6. The van der Waals surface area contributed by atoms with Crippen molar-refractivity contribution in [1.82, 2.24) is 10.2 Å². The molecule has 0 aromatic heterocycles. The lowest BCUT2D eigenvalue weighted by atomic mass is 9.99. The second kappa shape index (κ2) is 10.9. The molecule has 160 valence electrons. The van der Waals surface area contributed by atoms with Gasteiger partial charge < -0.3 is 15.0 Å². The van der Waals surface area contributed by atoms with Gasteiger partial charge in [-0.25, -0.2) is 0 Å². The number of nitrogens with one attached hydrogen (secondary N) is 1. The molecule has 2 aromatic carbocycles. The molecule has 1 heterocycles. The van der Waals surface area contributed by atoms with Crippen molar-refractivity contribution in [3.05, 3.63) is 71.8 Å². The highest BCUT2D eigenvalue weighted by Crippen LogP contribution is 2.24. The molecule has 30 heavy (non-hydrogen) atoms. The maximum absolute atomic E-state index is 12.6. The number of hydrogen-bond acceptors (Lipinski definition) is 3. The summed E-state index contributed by atoms with van der Waals surface area (Å²) in [6, 6.07) is 16.6. The second-order valence-corrected chi connectivity index (χ2v) is 8.24. The minimum atomic E-state index is 0.155. The van der Waals surface area contributed by atoms with E-state index < -0.39 is 0 Å². The number of benzene rings is 2. The molecule has 1 N–H and O–H groups in total. The fourth-order valence-corrected chi connectivity index (χ4v) is 4.11. The Balaban J connectivity index is 1.36. The van der Waals surface area contributed by atoms with Gasteiger partial charge in [0.1, 0.15) is 5.75 Å². The second-order valence-electron chi connectivity index (χ2n) is 8.24. The Bertz CT molecular complexity index is 847. The van der Waals surface area contributed by atoms with Gasteiger partial charge >= 0.3 is 0 Å². The zero-order valence-electron chi connectivity index (χ0n) is 18.3. The lowest BCUT2D eigenvalue weighted by Crippen LogP contribution is -2.36. The number of nitrogens with zero attached hydrogens (tertiary/aromatic N) is 1. The molecular weight excluding hydrogens is 372 g/mol. The molecule has 0 saturated carbocycles. The number of unbranched alkanes of at least 4 members (excludes halogenated alkanes) is 1. The first-order valence-corrected chi connectivity index (χ1v) is 11.0. The summed E-state index contributed by atoms with van der Waals surface area (Å²) in [6.07, 6.45) is 5.92. The number of aryl methyl sites for hydroxylation is 2. The van der Waals surface area contributed by atoms with Crippen LogP contribution in [0.2, 0.25) is 0 Å². The van der Waals surface area contributed by atoms with Gasteiger partial charge in [-0.05, 0) is 55.7 Å². The number of rotatable bonds is 10. The quantitative estimate of drug-likeness (QED) is 0.575. The van der Waals surface area contributed by atoms with Gasteiger partial charge in [0, 0.05) is 24.4 Å². The maximum Gasteiger partial charge on any atom is 0.241 e. The molecule has 1 fully saturated rings. The van der Waals surface area contributed by atoms with Crippen molar-refractivity contribution in [2.45, 2.75) is 39.0 Å². The monoisotopic (exact) mass is 406 g/mol. The summed E-state index contributed by atoms with van der Waals surface area (Å²) < 4.78 is 5.38. The molecule has 0 radical (unpaired) electrons. The molecule has 1 unspecified atom stereocenters. The van der Waals surface area contributed by atoms with E-state index in [1.54, 1.807) is 7.11 Å². The molecule has 1 amide bonds. The van der Waals surface area contributed by atoms with Gasteiger partial charge in [-0.1, -0.05) is 55.5 Å². The Labute approximate surface area is 180 Å².